The monoisotopic (exact) mass is 480 g/mol. The first kappa shape index (κ1) is 22.6. The van der Waals surface area contributed by atoms with Gasteiger partial charge in [-0.15, -0.1) is 0 Å². The van der Waals surface area contributed by atoms with Crippen LogP contribution in [0.3, 0.4) is 0 Å². The molecule has 2 aliphatic rings. The van der Waals surface area contributed by atoms with E-state index in [1.54, 1.807) is 35.5 Å². The Morgan fingerprint density at radius 3 is 2.61 bits per heavy atom. The van der Waals surface area contributed by atoms with Gasteiger partial charge in [-0.05, 0) is 54.5 Å². The van der Waals surface area contributed by atoms with Gasteiger partial charge < -0.3 is 4.90 Å². The zero-order valence-corrected chi connectivity index (χ0v) is 19.6. The minimum atomic E-state index is -3.50. The number of amides is 1. The highest BCUT2D eigenvalue weighted by Gasteiger charge is 2.53. The van der Waals surface area contributed by atoms with Gasteiger partial charge in [0, 0.05) is 41.9 Å². The molecule has 8 heteroatoms. The molecular weight excluding hydrogens is 455 g/mol. The van der Waals surface area contributed by atoms with Crippen molar-refractivity contribution in [3.8, 4) is 0 Å². The summed E-state index contributed by atoms with van der Waals surface area (Å²) in [6, 6.07) is 9.06. The number of hydrogen-bond donors (Lipinski definition) is 0. The Hall–Kier alpha value is -1.63. The number of carbonyl (C=O) groups excluding carboxylic acids is 1. The summed E-state index contributed by atoms with van der Waals surface area (Å²) in [5.74, 6) is -0.320. The highest BCUT2D eigenvalue weighted by atomic mass is 35.5. The average Bonchev–Trinajstić information content (AvgIpc) is 2.83. The molecule has 2 aromatic rings. The number of hydrogen-bond acceptors (Lipinski definition) is 4. The van der Waals surface area contributed by atoms with Crippen LogP contribution in [-0.2, 0) is 27.6 Å². The van der Waals surface area contributed by atoms with Gasteiger partial charge in [-0.25, -0.2) is 8.42 Å². The predicted molar refractivity (Wildman–Crippen MR) is 123 cm³/mol. The first-order chi connectivity index (χ1) is 14.8. The van der Waals surface area contributed by atoms with Crippen molar-refractivity contribution in [1.82, 2.24) is 9.88 Å². The van der Waals surface area contributed by atoms with Crippen LogP contribution in [0.5, 0.6) is 0 Å². The Balaban J connectivity index is 1.66. The summed E-state index contributed by atoms with van der Waals surface area (Å²) in [5, 5.41) is 1.09. The lowest BCUT2D eigenvalue weighted by molar-refractivity contribution is -0.132. The summed E-state index contributed by atoms with van der Waals surface area (Å²) in [4.78, 5) is 19.1. The fourth-order valence-corrected chi connectivity index (χ4v) is 8.03. The fourth-order valence-electron chi connectivity index (χ4n) is 5.10. The van der Waals surface area contributed by atoms with E-state index in [9.17, 15) is 13.2 Å². The summed E-state index contributed by atoms with van der Waals surface area (Å²) in [5.41, 5.74) is 1.67. The molecule has 1 aliphatic carbocycles. The van der Waals surface area contributed by atoms with Crippen LogP contribution in [0.1, 0.15) is 43.2 Å². The number of sulfone groups is 1. The number of carbonyl (C=O) groups is 1. The van der Waals surface area contributed by atoms with E-state index in [4.69, 9.17) is 23.2 Å². The second-order valence-corrected chi connectivity index (χ2v) is 11.8. The smallest absolute Gasteiger partial charge is 0.224 e. The fraction of sp³-hybridized carbons (Fsp3) is 0.478. The largest absolute Gasteiger partial charge is 0.337 e. The Morgan fingerprint density at radius 1 is 1.13 bits per heavy atom. The number of halogens is 2. The standard InChI is InChI=1S/C23H26Cl2N2O3S/c24-20-7-3-8-21(25)19(20)13-18-6-1-2-9-23(18)14-22(28)27(11-12-31(23,29)30)16-17-5-4-10-26-15-17/h3-5,7-8,10,15,18H,1-2,6,9,11-14,16H2. The molecule has 0 radical (unpaired) electrons. The molecule has 1 aromatic heterocycles. The Labute approximate surface area is 193 Å². The lowest BCUT2D eigenvalue weighted by Crippen LogP contribution is -2.50. The molecule has 1 aromatic carbocycles. The van der Waals surface area contributed by atoms with E-state index in [1.165, 1.54) is 0 Å². The molecule has 2 unspecified atom stereocenters. The number of aromatic nitrogens is 1. The average molecular weight is 481 g/mol. The topological polar surface area (TPSA) is 67.3 Å². The van der Waals surface area contributed by atoms with Crippen molar-refractivity contribution in [2.45, 2.75) is 49.8 Å². The van der Waals surface area contributed by atoms with Crippen molar-refractivity contribution in [2.24, 2.45) is 5.92 Å². The second-order valence-electron chi connectivity index (χ2n) is 8.58. The molecule has 0 N–H and O–H groups in total. The van der Waals surface area contributed by atoms with Crippen molar-refractivity contribution in [1.29, 1.82) is 0 Å². The molecule has 166 valence electrons. The van der Waals surface area contributed by atoms with E-state index in [0.717, 1.165) is 30.4 Å². The number of benzene rings is 1. The van der Waals surface area contributed by atoms with Gasteiger partial charge in [0.05, 0.1) is 10.5 Å². The summed E-state index contributed by atoms with van der Waals surface area (Å²) in [7, 11) is -3.50. The minimum Gasteiger partial charge on any atom is -0.337 e. The zero-order chi connectivity index (χ0) is 22.1. The summed E-state index contributed by atoms with van der Waals surface area (Å²) in [6.45, 7) is 0.580. The number of rotatable bonds is 4. The van der Waals surface area contributed by atoms with Crippen LogP contribution < -0.4 is 0 Å². The maximum atomic E-state index is 13.6. The normalized spacial score (nSPS) is 26.1. The lowest BCUT2D eigenvalue weighted by Gasteiger charge is -2.42. The Kier molecular flexibility index (Phi) is 6.61. The van der Waals surface area contributed by atoms with E-state index in [2.05, 4.69) is 4.98 Å². The van der Waals surface area contributed by atoms with Crippen molar-refractivity contribution in [3.05, 3.63) is 63.9 Å². The number of nitrogens with zero attached hydrogens (tertiary/aromatic N) is 2. The van der Waals surface area contributed by atoms with E-state index in [0.29, 0.717) is 29.4 Å². The lowest BCUT2D eigenvalue weighted by atomic mass is 9.73. The zero-order valence-electron chi connectivity index (χ0n) is 17.3. The molecule has 1 amide bonds. The molecular formula is C23H26Cl2N2O3S. The maximum Gasteiger partial charge on any atom is 0.224 e. The van der Waals surface area contributed by atoms with E-state index in [1.807, 2.05) is 12.1 Å². The molecule has 5 nitrogen and oxygen atoms in total. The van der Waals surface area contributed by atoms with Gasteiger partial charge in [-0.3, -0.25) is 9.78 Å². The minimum absolute atomic E-state index is 0.0162. The highest BCUT2D eigenvalue weighted by Crippen LogP contribution is 2.47. The molecule has 2 fully saturated rings. The van der Waals surface area contributed by atoms with Crippen molar-refractivity contribution in [3.63, 3.8) is 0 Å². The molecule has 0 bridgehead atoms. The molecule has 1 aliphatic heterocycles. The number of pyridine rings is 1. The molecule has 2 heterocycles. The van der Waals surface area contributed by atoms with Gasteiger partial charge >= 0.3 is 0 Å². The van der Waals surface area contributed by atoms with Crippen LogP contribution in [0.4, 0.5) is 0 Å². The van der Waals surface area contributed by atoms with Crippen molar-refractivity contribution >= 4 is 38.9 Å². The molecule has 1 saturated carbocycles. The summed E-state index contributed by atoms with van der Waals surface area (Å²) < 4.78 is 26.2. The molecule has 4 rings (SSSR count). The summed E-state index contributed by atoms with van der Waals surface area (Å²) >= 11 is 12.8. The van der Waals surface area contributed by atoms with Gasteiger partial charge in [-0.1, -0.05) is 48.2 Å². The van der Waals surface area contributed by atoms with Gasteiger partial charge in [0.1, 0.15) is 0 Å². The van der Waals surface area contributed by atoms with Gasteiger partial charge in [0.2, 0.25) is 5.91 Å². The van der Waals surface area contributed by atoms with E-state index in [-0.39, 0.29) is 30.5 Å². The molecule has 1 spiro atoms. The maximum absolute atomic E-state index is 13.6. The highest BCUT2D eigenvalue weighted by molar-refractivity contribution is 7.92. The van der Waals surface area contributed by atoms with E-state index >= 15 is 0 Å². The van der Waals surface area contributed by atoms with Gasteiger partial charge in [0.15, 0.2) is 9.84 Å². The van der Waals surface area contributed by atoms with Crippen LogP contribution in [0, 0.1) is 5.92 Å². The third kappa shape index (κ3) is 4.48. The van der Waals surface area contributed by atoms with Crippen molar-refractivity contribution in [2.75, 3.05) is 12.3 Å². The third-order valence-corrected chi connectivity index (χ3v) is 10.2. The van der Waals surface area contributed by atoms with Crippen LogP contribution in [-0.4, -0.2) is 41.3 Å². The predicted octanol–water partition coefficient (Wildman–Crippen LogP) is 4.71. The van der Waals surface area contributed by atoms with Crippen LogP contribution in [0.2, 0.25) is 10.0 Å². The second kappa shape index (κ2) is 9.08. The van der Waals surface area contributed by atoms with Crippen LogP contribution in [0.25, 0.3) is 0 Å². The van der Waals surface area contributed by atoms with Crippen LogP contribution >= 0.6 is 23.2 Å². The van der Waals surface area contributed by atoms with Crippen LogP contribution in [0.15, 0.2) is 42.7 Å². The molecule has 31 heavy (non-hydrogen) atoms. The quantitative estimate of drug-likeness (QED) is 0.635. The van der Waals surface area contributed by atoms with Crippen molar-refractivity contribution < 1.29 is 13.2 Å². The molecule has 2 atom stereocenters. The van der Waals surface area contributed by atoms with Gasteiger partial charge in [-0.2, -0.15) is 0 Å². The summed E-state index contributed by atoms with van der Waals surface area (Å²) in [6.07, 6.45) is 6.88. The SMILES string of the molecule is O=C1CC2(CCCCC2Cc2c(Cl)cccc2Cl)S(=O)(=O)CCN1Cc1cccnc1. The Morgan fingerprint density at radius 2 is 1.90 bits per heavy atom. The first-order valence-corrected chi connectivity index (χ1v) is 13.0. The third-order valence-electron chi connectivity index (χ3n) is 6.81. The first-order valence-electron chi connectivity index (χ1n) is 10.6. The van der Waals surface area contributed by atoms with E-state index < -0.39 is 14.6 Å². The molecule has 1 saturated heterocycles. The Bertz CT molecular complexity index is 1040. The van der Waals surface area contributed by atoms with Gasteiger partial charge in [0.25, 0.3) is 0 Å².